The van der Waals surface area contributed by atoms with E-state index in [0.717, 1.165) is 6.42 Å². The fraction of sp³-hybridized carbons (Fsp3) is 0.833. The molecule has 0 aliphatic heterocycles. The van der Waals surface area contributed by atoms with Crippen molar-refractivity contribution in [2.24, 2.45) is 5.92 Å². The number of aromatic nitrogens is 3. The van der Waals surface area contributed by atoms with Gasteiger partial charge in [0, 0.05) is 12.0 Å². The number of halogens is 3. The molecule has 2 unspecified atom stereocenters. The SMILES string of the molecule is CC(C)n1cnnc1C1CCCCC1C(F)(F)F. The molecule has 0 bridgehead atoms. The second-order valence-corrected chi connectivity index (χ2v) is 5.23. The smallest absolute Gasteiger partial charge is 0.315 e. The summed E-state index contributed by atoms with van der Waals surface area (Å²) in [6.45, 7) is 3.86. The maximum atomic E-state index is 13.1. The van der Waals surface area contributed by atoms with Gasteiger partial charge in [-0.1, -0.05) is 12.8 Å². The second-order valence-electron chi connectivity index (χ2n) is 5.23. The molecule has 0 spiro atoms. The van der Waals surface area contributed by atoms with E-state index < -0.39 is 18.0 Å². The number of hydrogen-bond donors (Lipinski definition) is 0. The molecular weight excluding hydrogens is 243 g/mol. The standard InChI is InChI=1S/C12H18F3N3/c1-8(2)18-7-16-17-11(18)9-5-3-4-6-10(9)12(13,14)15/h7-10H,3-6H2,1-2H3. The van der Waals surface area contributed by atoms with Gasteiger partial charge in [-0.15, -0.1) is 10.2 Å². The summed E-state index contributed by atoms with van der Waals surface area (Å²) in [6.07, 6.45) is -0.367. The van der Waals surface area contributed by atoms with Gasteiger partial charge >= 0.3 is 6.18 Å². The highest BCUT2D eigenvalue weighted by molar-refractivity contribution is 5.04. The molecule has 1 aliphatic rings. The van der Waals surface area contributed by atoms with Crippen molar-refractivity contribution in [1.82, 2.24) is 14.8 Å². The third-order valence-corrected chi connectivity index (χ3v) is 3.68. The van der Waals surface area contributed by atoms with Crippen molar-refractivity contribution in [3.63, 3.8) is 0 Å². The molecular formula is C12H18F3N3. The monoisotopic (exact) mass is 261 g/mol. The van der Waals surface area contributed by atoms with Crippen LogP contribution in [-0.2, 0) is 0 Å². The summed E-state index contributed by atoms with van der Waals surface area (Å²) in [5.41, 5.74) is 0. The molecule has 2 rings (SSSR count). The molecule has 18 heavy (non-hydrogen) atoms. The first-order valence-corrected chi connectivity index (χ1v) is 6.37. The van der Waals surface area contributed by atoms with Gasteiger partial charge < -0.3 is 4.57 Å². The van der Waals surface area contributed by atoms with Crippen LogP contribution in [0.2, 0.25) is 0 Å². The van der Waals surface area contributed by atoms with Gasteiger partial charge in [-0.3, -0.25) is 0 Å². The minimum atomic E-state index is -4.14. The summed E-state index contributed by atoms with van der Waals surface area (Å²) in [5.74, 6) is -1.32. The molecule has 1 aromatic heterocycles. The molecule has 6 heteroatoms. The second kappa shape index (κ2) is 4.90. The van der Waals surface area contributed by atoms with E-state index in [1.807, 2.05) is 13.8 Å². The summed E-state index contributed by atoms with van der Waals surface area (Å²) in [6, 6.07) is 0.0887. The van der Waals surface area contributed by atoms with Gasteiger partial charge in [0.25, 0.3) is 0 Å². The molecule has 1 saturated carbocycles. The lowest BCUT2D eigenvalue weighted by Crippen LogP contribution is -2.33. The first kappa shape index (κ1) is 13.4. The van der Waals surface area contributed by atoms with Crippen molar-refractivity contribution >= 4 is 0 Å². The van der Waals surface area contributed by atoms with Crippen LogP contribution < -0.4 is 0 Å². The molecule has 0 N–H and O–H groups in total. The van der Waals surface area contributed by atoms with Crippen molar-refractivity contribution in [1.29, 1.82) is 0 Å². The summed E-state index contributed by atoms with van der Waals surface area (Å²) >= 11 is 0. The molecule has 0 amide bonds. The van der Waals surface area contributed by atoms with E-state index in [1.54, 1.807) is 4.57 Å². The highest BCUT2D eigenvalue weighted by Gasteiger charge is 2.47. The predicted molar refractivity (Wildman–Crippen MR) is 61.2 cm³/mol. The highest BCUT2D eigenvalue weighted by Crippen LogP contribution is 2.46. The average molecular weight is 261 g/mol. The number of alkyl halides is 3. The van der Waals surface area contributed by atoms with Crippen molar-refractivity contribution in [3.05, 3.63) is 12.2 Å². The van der Waals surface area contributed by atoms with Crippen LogP contribution >= 0.6 is 0 Å². The Morgan fingerprint density at radius 2 is 1.94 bits per heavy atom. The normalized spacial score (nSPS) is 25.7. The summed E-state index contributed by atoms with van der Waals surface area (Å²) in [5, 5.41) is 7.72. The van der Waals surface area contributed by atoms with Crippen LogP contribution in [0.1, 0.15) is 57.3 Å². The predicted octanol–water partition coefficient (Wildman–Crippen LogP) is 3.70. The lowest BCUT2D eigenvalue weighted by Gasteiger charge is -2.32. The molecule has 0 aromatic carbocycles. The zero-order chi connectivity index (χ0) is 13.3. The van der Waals surface area contributed by atoms with Gasteiger partial charge in [0.05, 0.1) is 5.92 Å². The van der Waals surface area contributed by atoms with Gasteiger partial charge in [-0.25, -0.2) is 0 Å². The molecule has 1 heterocycles. The molecule has 102 valence electrons. The number of rotatable bonds is 2. The maximum Gasteiger partial charge on any atom is 0.392 e. The minimum Gasteiger partial charge on any atom is -0.315 e. The lowest BCUT2D eigenvalue weighted by molar-refractivity contribution is -0.188. The molecule has 1 fully saturated rings. The minimum absolute atomic E-state index is 0.0887. The van der Waals surface area contributed by atoms with Gasteiger partial charge in [0.1, 0.15) is 12.2 Å². The first-order valence-electron chi connectivity index (χ1n) is 6.37. The van der Waals surface area contributed by atoms with E-state index >= 15 is 0 Å². The summed E-state index contributed by atoms with van der Waals surface area (Å²) in [4.78, 5) is 0. The molecule has 0 radical (unpaired) electrons. The topological polar surface area (TPSA) is 30.7 Å². The number of hydrogen-bond acceptors (Lipinski definition) is 2. The Morgan fingerprint density at radius 1 is 1.28 bits per heavy atom. The average Bonchev–Trinajstić information content (AvgIpc) is 2.76. The molecule has 1 aliphatic carbocycles. The van der Waals surface area contributed by atoms with Crippen LogP contribution in [0.3, 0.4) is 0 Å². The first-order chi connectivity index (χ1) is 8.41. The lowest BCUT2D eigenvalue weighted by atomic mass is 9.78. The van der Waals surface area contributed by atoms with Crippen LogP contribution in [0.15, 0.2) is 6.33 Å². The van der Waals surface area contributed by atoms with Gasteiger partial charge in [0.15, 0.2) is 0 Å². The Labute approximate surface area is 104 Å². The zero-order valence-corrected chi connectivity index (χ0v) is 10.6. The van der Waals surface area contributed by atoms with Crippen LogP contribution in [0.25, 0.3) is 0 Å². The van der Waals surface area contributed by atoms with Crippen LogP contribution in [0.4, 0.5) is 13.2 Å². The largest absolute Gasteiger partial charge is 0.392 e. The summed E-state index contributed by atoms with van der Waals surface area (Å²) < 4.78 is 40.9. The quantitative estimate of drug-likeness (QED) is 0.812. The molecule has 0 saturated heterocycles. The van der Waals surface area contributed by atoms with E-state index in [0.29, 0.717) is 18.7 Å². The van der Waals surface area contributed by atoms with Crippen molar-refractivity contribution in [2.45, 2.75) is 57.7 Å². The van der Waals surface area contributed by atoms with Crippen LogP contribution in [0.5, 0.6) is 0 Å². The van der Waals surface area contributed by atoms with Crippen LogP contribution in [-0.4, -0.2) is 20.9 Å². The van der Waals surface area contributed by atoms with E-state index in [1.165, 1.54) is 6.33 Å². The van der Waals surface area contributed by atoms with E-state index in [9.17, 15) is 13.2 Å². The van der Waals surface area contributed by atoms with Gasteiger partial charge in [0.2, 0.25) is 0 Å². The zero-order valence-electron chi connectivity index (χ0n) is 10.6. The van der Waals surface area contributed by atoms with Gasteiger partial charge in [-0.2, -0.15) is 13.2 Å². The van der Waals surface area contributed by atoms with E-state index in [2.05, 4.69) is 10.2 Å². The van der Waals surface area contributed by atoms with E-state index in [4.69, 9.17) is 0 Å². The fourth-order valence-electron chi connectivity index (χ4n) is 2.75. The third kappa shape index (κ3) is 2.52. The molecule has 3 nitrogen and oxygen atoms in total. The number of nitrogens with zero attached hydrogens (tertiary/aromatic N) is 3. The third-order valence-electron chi connectivity index (χ3n) is 3.68. The Balaban J connectivity index is 2.31. The maximum absolute atomic E-state index is 13.1. The molecule has 2 atom stereocenters. The van der Waals surface area contributed by atoms with Crippen LogP contribution in [0, 0.1) is 5.92 Å². The fourth-order valence-corrected chi connectivity index (χ4v) is 2.75. The van der Waals surface area contributed by atoms with E-state index in [-0.39, 0.29) is 12.5 Å². The Bertz CT molecular complexity index is 398. The van der Waals surface area contributed by atoms with Crippen molar-refractivity contribution in [2.75, 3.05) is 0 Å². The van der Waals surface area contributed by atoms with Gasteiger partial charge in [-0.05, 0) is 26.7 Å². The highest BCUT2D eigenvalue weighted by atomic mass is 19.4. The summed E-state index contributed by atoms with van der Waals surface area (Å²) in [7, 11) is 0. The van der Waals surface area contributed by atoms with Crippen molar-refractivity contribution < 1.29 is 13.2 Å². The Hall–Kier alpha value is -1.07. The Morgan fingerprint density at radius 3 is 2.56 bits per heavy atom. The Kier molecular flexibility index (Phi) is 3.64. The van der Waals surface area contributed by atoms with Crippen molar-refractivity contribution in [3.8, 4) is 0 Å². The molecule has 1 aromatic rings.